The minimum atomic E-state index is -1.70. The van der Waals surface area contributed by atoms with E-state index in [0.717, 1.165) is 31.5 Å². The van der Waals surface area contributed by atoms with Crippen LogP contribution in [0, 0.1) is 0 Å². The van der Waals surface area contributed by atoms with Crippen molar-refractivity contribution in [3.05, 3.63) is 57.7 Å². The normalized spacial score (nSPS) is 17.5. The van der Waals surface area contributed by atoms with E-state index in [-0.39, 0.29) is 22.9 Å². The predicted octanol–water partition coefficient (Wildman–Crippen LogP) is 4.23. The maximum absolute atomic E-state index is 14.5. The smallest absolute Gasteiger partial charge is 0.278 e. The lowest BCUT2D eigenvalue weighted by Crippen LogP contribution is -2.42. The van der Waals surface area contributed by atoms with Gasteiger partial charge < -0.3 is 15.2 Å². The van der Waals surface area contributed by atoms with Crippen LogP contribution in [-0.2, 0) is 17.6 Å². The fourth-order valence-electron chi connectivity index (χ4n) is 4.80. The van der Waals surface area contributed by atoms with Crippen LogP contribution in [0.5, 0.6) is 0 Å². The molecule has 10 heteroatoms. The zero-order valence-corrected chi connectivity index (χ0v) is 20.2. The van der Waals surface area contributed by atoms with Crippen LogP contribution in [0.15, 0.2) is 39.8 Å². The molecule has 4 heterocycles. The van der Waals surface area contributed by atoms with Crippen molar-refractivity contribution in [3.8, 4) is 5.82 Å². The average Bonchev–Trinajstić information content (AvgIpc) is 3.42. The minimum absolute atomic E-state index is 0.0456. The highest BCUT2D eigenvalue weighted by Gasteiger charge is 2.33. The first-order chi connectivity index (χ1) is 16.6. The summed E-state index contributed by atoms with van der Waals surface area (Å²) in [6.45, 7) is 8.08. The van der Waals surface area contributed by atoms with E-state index in [2.05, 4.69) is 51.7 Å². The molecular formula is C25H28FN7O2. The number of alkyl halides is 1. The molecule has 1 aliphatic heterocycles. The van der Waals surface area contributed by atoms with Gasteiger partial charge in [0.15, 0.2) is 22.9 Å². The summed E-state index contributed by atoms with van der Waals surface area (Å²) in [5.74, 6) is 0.766. The summed E-state index contributed by atoms with van der Waals surface area (Å²) in [7, 11) is 0. The number of hydrogen-bond donors (Lipinski definition) is 2. The van der Waals surface area contributed by atoms with Crippen LogP contribution in [-0.4, -0.2) is 31.0 Å². The van der Waals surface area contributed by atoms with Gasteiger partial charge in [-0.3, -0.25) is 4.79 Å². The first-order valence-corrected chi connectivity index (χ1v) is 11.9. The topological polar surface area (TPSA) is 103 Å². The number of aromatic nitrogens is 5. The largest absolute Gasteiger partial charge is 0.356 e. The molecule has 0 unspecified atom stereocenters. The Balaban J connectivity index is 1.43. The maximum Gasteiger partial charge on any atom is 0.278 e. The van der Waals surface area contributed by atoms with Crippen molar-refractivity contribution in [2.75, 3.05) is 11.9 Å². The Kier molecular flexibility index (Phi) is 4.70. The first kappa shape index (κ1) is 22.0. The summed E-state index contributed by atoms with van der Waals surface area (Å²) in [6.07, 6.45) is 4.24. The first-order valence-electron chi connectivity index (χ1n) is 11.9. The highest BCUT2D eigenvalue weighted by atomic mass is 19.1. The van der Waals surface area contributed by atoms with E-state index in [9.17, 15) is 9.18 Å². The van der Waals surface area contributed by atoms with Crippen molar-refractivity contribution < 1.29 is 8.91 Å². The van der Waals surface area contributed by atoms with Gasteiger partial charge in [0.1, 0.15) is 5.39 Å². The molecule has 182 valence electrons. The van der Waals surface area contributed by atoms with Crippen LogP contribution in [0.25, 0.3) is 16.9 Å². The molecule has 4 aromatic rings. The van der Waals surface area contributed by atoms with E-state index in [1.165, 1.54) is 37.2 Å². The summed E-state index contributed by atoms with van der Waals surface area (Å²) < 4.78 is 23.0. The molecule has 9 nitrogen and oxygen atoms in total. The van der Waals surface area contributed by atoms with Crippen LogP contribution in [0.3, 0.4) is 0 Å². The Bertz CT molecular complexity index is 1500. The zero-order chi connectivity index (χ0) is 24.5. The molecule has 0 bridgehead atoms. The number of nitrogens with one attached hydrogen (secondary N) is 2. The Morgan fingerprint density at radius 3 is 2.77 bits per heavy atom. The molecule has 0 spiro atoms. The van der Waals surface area contributed by atoms with Crippen LogP contribution in [0.1, 0.15) is 63.5 Å². The van der Waals surface area contributed by atoms with Crippen molar-refractivity contribution in [1.82, 2.24) is 29.8 Å². The quantitative estimate of drug-likeness (QED) is 0.443. The van der Waals surface area contributed by atoms with E-state index >= 15 is 0 Å². The second-order valence-electron chi connectivity index (χ2n) is 10.4. The van der Waals surface area contributed by atoms with Gasteiger partial charge in [0.05, 0.1) is 6.04 Å². The van der Waals surface area contributed by atoms with Crippen LogP contribution < -0.4 is 16.2 Å². The number of nitrogens with zero attached hydrogens (tertiary/aromatic N) is 5. The number of fused-ring (bicyclic) bond motifs is 2. The summed E-state index contributed by atoms with van der Waals surface area (Å²) in [6, 6.07) is 7.83. The molecule has 35 heavy (non-hydrogen) atoms. The van der Waals surface area contributed by atoms with E-state index < -0.39 is 5.67 Å². The van der Waals surface area contributed by atoms with Gasteiger partial charge in [-0.25, -0.2) is 18.7 Å². The molecule has 0 saturated heterocycles. The van der Waals surface area contributed by atoms with Gasteiger partial charge in [0.25, 0.3) is 5.56 Å². The standard InChI is InChI=1S/C25H28FN7O2/c1-24(2,26)19-12-20(31-35-19)33-21-17(22(34)32(33)16-6-7-16)13-27-23(30-21)29-15-5-8-18-14(11-15)9-10-28-25(18,3)4/h5,8,11-13,16,28H,6-7,9-10H2,1-4H3,(H,27,29,30). The molecule has 1 aliphatic carbocycles. The minimum Gasteiger partial charge on any atom is -0.356 e. The van der Waals surface area contributed by atoms with Crippen molar-refractivity contribution >= 4 is 22.7 Å². The van der Waals surface area contributed by atoms with Crippen molar-refractivity contribution in [1.29, 1.82) is 0 Å². The molecule has 0 radical (unpaired) electrons. The molecule has 3 aromatic heterocycles. The SMILES string of the molecule is CC(C)(F)c1cc(-n2c3nc(Nc4ccc5c(c4)CCNC5(C)C)ncc3c(=O)n2C2CC2)no1. The zero-order valence-electron chi connectivity index (χ0n) is 20.2. The number of halogens is 1. The van der Waals surface area contributed by atoms with Gasteiger partial charge in [-0.05, 0) is 76.8 Å². The fraction of sp³-hybridized carbons (Fsp3) is 0.440. The monoisotopic (exact) mass is 477 g/mol. The Labute approximate surface area is 201 Å². The lowest BCUT2D eigenvalue weighted by Gasteiger charge is -2.34. The van der Waals surface area contributed by atoms with Gasteiger partial charge in [-0.15, -0.1) is 0 Å². The lowest BCUT2D eigenvalue weighted by molar-refractivity contribution is 0.163. The van der Waals surface area contributed by atoms with E-state index in [4.69, 9.17) is 4.52 Å². The summed E-state index contributed by atoms with van der Waals surface area (Å²) >= 11 is 0. The van der Waals surface area contributed by atoms with Crippen LogP contribution in [0.4, 0.5) is 16.0 Å². The van der Waals surface area contributed by atoms with Gasteiger partial charge in [-0.2, -0.15) is 4.98 Å². The predicted molar refractivity (Wildman–Crippen MR) is 130 cm³/mol. The summed E-state index contributed by atoms with van der Waals surface area (Å²) in [5, 5.41) is 11.3. The van der Waals surface area contributed by atoms with Gasteiger partial charge in [0.2, 0.25) is 5.95 Å². The van der Waals surface area contributed by atoms with Gasteiger partial charge in [-0.1, -0.05) is 11.2 Å². The molecule has 6 rings (SSSR count). The Morgan fingerprint density at radius 2 is 2.06 bits per heavy atom. The third-order valence-corrected chi connectivity index (χ3v) is 6.81. The Hall–Kier alpha value is -3.53. The van der Waals surface area contributed by atoms with Gasteiger partial charge in [0, 0.05) is 23.5 Å². The second-order valence-corrected chi connectivity index (χ2v) is 10.4. The third-order valence-electron chi connectivity index (χ3n) is 6.81. The average molecular weight is 478 g/mol. The molecule has 1 saturated carbocycles. The van der Waals surface area contributed by atoms with Crippen LogP contribution >= 0.6 is 0 Å². The number of rotatable bonds is 5. The van der Waals surface area contributed by atoms with E-state index in [1.54, 1.807) is 9.36 Å². The molecule has 0 amide bonds. The second kappa shape index (κ2) is 7.48. The third kappa shape index (κ3) is 3.72. The van der Waals surface area contributed by atoms with Gasteiger partial charge >= 0.3 is 0 Å². The van der Waals surface area contributed by atoms with Crippen molar-refractivity contribution in [2.24, 2.45) is 0 Å². The molecule has 0 atom stereocenters. The van der Waals surface area contributed by atoms with Crippen molar-refractivity contribution in [2.45, 2.75) is 64.2 Å². The highest BCUT2D eigenvalue weighted by Crippen LogP contribution is 2.36. The Morgan fingerprint density at radius 1 is 1.26 bits per heavy atom. The fourth-order valence-corrected chi connectivity index (χ4v) is 4.80. The highest BCUT2D eigenvalue weighted by molar-refractivity contribution is 5.77. The molecule has 2 N–H and O–H groups in total. The summed E-state index contributed by atoms with van der Waals surface area (Å²) in [5.41, 5.74) is 1.87. The summed E-state index contributed by atoms with van der Waals surface area (Å²) in [4.78, 5) is 22.3. The number of benzene rings is 1. The van der Waals surface area contributed by atoms with Crippen molar-refractivity contribution in [3.63, 3.8) is 0 Å². The molecular weight excluding hydrogens is 449 g/mol. The number of hydrogen-bond acceptors (Lipinski definition) is 7. The maximum atomic E-state index is 14.5. The molecule has 1 aromatic carbocycles. The van der Waals surface area contributed by atoms with E-state index in [1.807, 2.05) is 6.07 Å². The van der Waals surface area contributed by atoms with E-state index in [0.29, 0.717) is 22.8 Å². The number of anilines is 2. The lowest BCUT2D eigenvalue weighted by atomic mass is 9.85. The van der Waals surface area contributed by atoms with Crippen LogP contribution in [0.2, 0.25) is 0 Å². The molecule has 1 fully saturated rings. The molecule has 2 aliphatic rings.